The fourth-order valence-corrected chi connectivity index (χ4v) is 4.09. The minimum Gasteiger partial charge on any atom is -0.321 e. The molecular formula is C24H22N6O4S. The number of nitrogens with zero attached hydrogens (tertiary/aromatic N) is 4. The van der Waals surface area contributed by atoms with Crippen LogP contribution in [0.4, 0.5) is 11.6 Å². The molecule has 0 saturated heterocycles. The monoisotopic (exact) mass is 490 g/mol. The van der Waals surface area contributed by atoms with Gasteiger partial charge in [0.25, 0.3) is 21.5 Å². The second-order valence-electron chi connectivity index (χ2n) is 7.81. The van der Waals surface area contributed by atoms with Crippen molar-refractivity contribution in [3.8, 4) is 0 Å². The van der Waals surface area contributed by atoms with Crippen LogP contribution in [-0.2, 0) is 16.6 Å². The largest absolute Gasteiger partial charge is 0.321 e. The fraction of sp³-hybridized carbons (Fsp3) is 0.125. The van der Waals surface area contributed by atoms with E-state index in [2.05, 4.69) is 25.1 Å². The highest BCUT2D eigenvalue weighted by Gasteiger charge is 2.16. The van der Waals surface area contributed by atoms with E-state index in [1.54, 1.807) is 13.0 Å². The van der Waals surface area contributed by atoms with E-state index in [4.69, 9.17) is 0 Å². The summed E-state index contributed by atoms with van der Waals surface area (Å²) in [7, 11) is -3.91. The van der Waals surface area contributed by atoms with E-state index in [-0.39, 0.29) is 28.6 Å². The number of amides is 1. The zero-order chi connectivity index (χ0) is 25.0. The van der Waals surface area contributed by atoms with Crippen LogP contribution in [-0.4, -0.2) is 34.1 Å². The number of anilines is 2. The summed E-state index contributed by atoms with van der Waals surface area (Å²) in [6.07, 6.45) is 1.46. The van der Waals surface area contributed by atoms with Crippen LogP contribution in [0.1, 0.15) is 27.3 Å². The average molecular weight is 491 g/mol. The van der Waals surface area contributed by atoms with Gasteiger partial charge in [-0.05, 0) is 55.8 Å². The smallest absolute Gasteiger partial charge is 0.276 e. The quantitative estimate of drug-likeness (QED) is 0.406. The third kappa shape index (κ3) is 5.95. The molecule has 1 amide bonds. The molecule has 4 rings (SSSR count). The molecule has 2 heterocycles. The Morgan fingerprint density at radius 2 is 1.66 bits per heavy atom. The van der Waals surface area contributed by atoms with Gasteiger partial charge in [-0.2, -0.15) is 5.10 Å². The summed E-state index contributed by atoms with van der Waals surface area (Å²) in [5, 5.41) is 6.82. The number of nitrogens with one attached hydrogen (secondary N) is 2. The molecule has 10 nitrogen and oxygen atoms in total. The highest BCUT2D eigenvalue weighted by Crippen LogP contribution is 2.17. The SMILES string of the molecule is Cc1ccc(Cn2nc(C(=O)Nc3ccc(S(=O)(=O)Nc4nccc(C)n4)cc3)ccc2=O)cc1. The lowest BCUT2D eigenvalue weighted by molar-refractivity contribution is 0.102. The lowest BCUT2D eigenvalue weighted by Gasteiger charge is -2.10. The maximum atomic E-state index is 12.7. The first kappa shape index (κ1) is 23.8. The Morgan fingerprint density at radius 3 is 2.34 bits per heavy atom. The minimum absolute atomic E-state index is 0.0228. The van der Waals surface area contributed by atoms with Crippen LogP contribution in [0.15, 0.2) is 82.6 Å². The van der Waals surface area contributed by atoms with Gasteiger partial charge in [-0.25, -0.2) is 27.8 Å². The number of sulfonamides is 1. The summed E-state index contributed by atoms with van der Waals surface area (Å²) in [6, 6.07) is 17.5. The number of benzene rings is 2. The first-order valence-electron chi connectivity index (χ1n) is 10.6. The number of aryl methyl sites for hydroxylation is 2. The Balaban J connectivity index is 1.46. The molecule has 0 saturated carbocycles. The topological polar surface area (TPSA) is 136 Å². The van der Waals surface area contributed by atoms with Crippen molar-refractivity contribution in [3.63, 3.8) is 0 Å². The van der Waals surface area contributed by atoms with E-state index in [1.165, 1.54) is 47.3 Å². The Bertz CT molecular complexity index is 1530. The summed E-state index contributed by atoms with van der Waals surface area (Å²) in [4.78, 5) is 32.8. The Hall–Kier alpha value is -4.38. The molecule has 0 spiro atoms. The molecule has 35 heavy (non-hydrogen) atoms. The number of hydrogen-bond donors (Lipinski definition) is 2. The Morgan fingerprint density at radius 1 is 0.943 bits per heavy atom. The molecule has 0 aliphatic carbocycles. The molecule has 0 unspecified atom stereocenters. The number of carbonyl (C=O) groups excluding carboxylic acids is 1. The van der Waals surface area contributed by atoms with Crippen molar-refractivity contribution in [1.29, 1.82) is 0 Å². The molecule has 178 valence electrons. The normalized spacial score (nSPS) is 11.1. The second kappa shape index (κ2) is 9.85. The predicted octanol–water partition coefficient (Wildman–Crippen LogP) is 2.75. The molecule has 0 aliphatic rings. The van der Waals surface area contributed by atoms with Crippen LogP contribution in [0.3, 0.4) is 0 Å². The van der Waals surface area contributed by atoms with Crippen molar-refractivity contribution in [2.24, 2.45) is 0 Å². The average Bonchev–Trinajstić information content (AvgIpc) is 2.82. The zero-order valence-corrected chi connectivity index (χ0v) is 19.8. The molecule has 2 N–H and O–H groups in total. The summed E-state index contributed by atoms with van der Waals surface area (Å²) in [5.74, 6) is -0.571. The van der Waals surface area contributed by atoms with E-state index in [9.17, 15) is 18.0 Å². The maximum absolute atomic E-state index is 12.7. The lowest BCUT2D eigenvalue weighted by Crippen LogP contribution is -2.26. The lowest BCUT2D eigenvalue weighted by atomic mass is 10.1. The van der Waals surface area contributed by atoms with E-state index >= 15 is 0 Å². The number of hydrogen-bond acceptors (Lipinski definition) is 7. The van der Waals surface area contributed by atoms with Gasteiger partial charge < -0.3 is 5.32 Å². The van der Waals surface area contributed by atoms with Crippen molar-refractivity contribution in [2.75, 3.05) is 10.0 Å². The highest BCUT2D eigenvalue weighted by atomic mass is 32.2. The van der Waals surface area contributed by atoms with Gasteiger partial charge in [-0.1, -0.05) is 29.8 Å². The molecular weight excluding hydrogens is 468 g/mol. The molecule has 0 bridgehead atoms. The molecule has 4 aromatic rings. The minimum atomic E-state index is -3.91. The number of aromatic nitrogens is 4. The molecule has 0 radical (unpaired) electrons. The van der Waals surface area contributed by atoms with Gasteiger partial charge in [0.1, 0.15) is 5.69 Å². The molecule has 2 aromatic carbocycles. The Kier molecular flexibility index (Phi) is 6.69. The Labute approximate surface area is 201 Å². The molecule has 2 aromatic heterocycles. The first-order valence-corrected chi connectivity index (χ1v) is 12.1. The van der Waals surface area contributed by atoms with Crippen molar-refractivity contribution in [1.82, 2.24) is 19.7 Å². The third-order valence-electron chi connectivity index (χ3n) is 5.00. The van der Waals surface area contributed by atoms with Crippen molar-refractivity contribution >= 4 is 27.6 Å². The van der Waals surface area contributed by atoms with Gasteiger partial charge in [-0.3, -0.25) is 9.59 Å². The fourth-order valence-electron chi connectivity index (χ4n) is 3.14. The van der Waals surface area contributed by atoms with Gasteiger partial charge in [0.15, 0.2) is 0 Å². The molecule has 11 heteroatoms. The van der Waals surface area contributed by atoms with Crippen LogP contribution in [0.5, 0.6) is 0 Å². The standard InChI is InChI=1S/C24H22N6O4S/c1-16-3-5-18(6-4-16)15-30-22(31)12-11-21(28-30)23(32)27-19-7-9-20(10-8-19)35(33,34)29-24-25-14-13-17(2)26-24/h3-14H,15H2,1-2H3,(H,27,32)(H,25,26,29). The van der Waals surface area contributed by atoms with Gasteiger partial charge in [0.05, 0.1) is 11.4 Å². The van der Waals surface area contributed by atoms with Crippen LogP contribution in [0, 0.1) is 13.8 Å². The van der Waals surface area contributed by atoms with E-state index in [1.807, 2.05) is 31.2 Å². The van der Waals surface area contributed by atoms with E-state index in [0.29, 0.717) is 11.4 Å². The van der Waals surface area contributed by atoms with Crippen LogP contribution >= 0.6 is 0 Å². The van der Waals surface area contributed by atoms with E-state index < -0.39 is 15.9 Å². The third-order valence-corrected chi connectivity index (χ3v) is 6.34. The number of rotatable bonds is 7. The summed E-state index contributed by atoms with van der Waals surface area (Å²) >= 11 is 0. The van der Waals surface area contributed by atoms with Gasteiger partial charge >= 0.3 is 0 Å². The van der Waals surface area contributed by atoms with Crippen LogP contribution in [0.2, 0.25) is 0 Å². The summed E-state index contributed by atoms with van der Waals surface area (Å²) in [5.41, 5.74) is 2.67. The van der Waals surface area contributed by atoms with Crippen LogP contribution in [0.25, 0.3) is 0 Å². The van der Waals surface area contributed by atoms with E-state index in [0.717, 1.165) is 11.1 Å². The molecule has 0 aliphatic heterocycles. The van der Waals surface area contributed by atoms with Gasteiger partial charge in [0.2, 0.25) is 5.95 Å². The summed E-state index contributed by atoms with van der Waals surface area (Å²) < 4.78 is 28.7. The van der Waals surface area contributed by atoms with Crippen molar-refractivity contribution in [3.05, 3.63) is 106 Å². The summed E-state index contributed by atoms with van der Waals surface area (Å²) in [6.45, 7) is 3.92. The van der Waals surface area contributed by atoms with Crippen LogP contribution < -0.4 is 15.6 Å². The zero-order valence-electron chi connectivity index (χ0n) is 19.0. The first-order chi connectivity index (χ1) is 16.7. The number of carbonyl (C=O) groups is 1. The molecule has 0 fully saturated rings. The predicted molar refractivity (Wildman–Crippen MR) is 131 cm³/mol. The van der Waals surface area contributed by atoms with Crippen molar-refractivity contribution < 1.29 is 13.2 Å². The van der Waals surface area contributed by atoms with Gasteiger partial charge in [0, 0.05) is 23.6 Å². The highest BCUT2D eigenvalue weighted by molar-refractivity contribution is 7.92. The van der Waals surface area contributed by atoms with Gasteiger partial charge in [-0.15, -0.1) is 0 Å². The van der Waals surface area contributed by atoms with Crippen molar-refractivity contribution in [2.45, 2.75) is 25.3 Å². The molecule has 0 atom stereocenters. The maximum Gasteiger partial charge on any atom is 0.276 e. The second-order valence-corrected chi connectivity index (χ2v) is 9.49.